The molecule has 106 valence electrons. The quantitative estimate of drug-likeness (QED) is 0.941. The molecule has 0 radical (unpaired) electrons. The van der Waals surface area contributed by atoms with Gasteiger partial charge in [0.2, 0.25) is 10.0 Å². The molecule has 0 saturated heterocycles. The van der Waals surface area contributed by atoms with Gasteiger partial charge in [-0.3, -0.25) is 0 Å². The maximum absolute atomic E-state index is 11.3. The molecule has 20 heavy (non-hydrogen) atoms. The fourth-order valence-electron chi connectivity index (χ4n) is 1.93. The zero-order valence-corrected chi connectivity index (χ0v) is 12.3. The van der Waals surface area contributed by atoms with Crippen molar-refractivity contribution in [3.63, 3.8) is 0 Å². The van der Waals surface area contributed by atoms with Crippen molar-refractivity contribution in [2.45, 2.75) is 25.2 Å². The summed E-state index contributed by atoms with van der Waals surface area (Å²) in [6.45, 7) is 3.78. The van der Waals surface area contributed by atoms with Gasteiger partial charge < -0.3 is 4.74 Å². The summed E-state index contributed by atoms with van der Waals surface area (Å²) in [5, 5.41) is 5.12. The number of benzene rings is 2. The van der Waals surface area contributed by atoms with Gasteiger partial charge in [0, 0.05) is 0 Å². The molecule has 0 heterocycles. The highest BCUT2D eigenvalue weighted by Gasteiger charge is 2.12. The van der Waals surface area contributed by atoms with Crippen LogP contribution in [0.25, 0.3) is 0 Å². The van der Waals surface area contributed by atoms with E-state index in [1.807, 2.05) is 24.3 Å². The Morgan fingerprint density at radius 2 is 1.65 bits per heavy atom. The van der Waals surface area contributed by atoms with Crippen molar-refractivity contribution < 1.29 is 13.2 Å². The minimum absolute atomic E-state index is 0.117. The Morgan fingerprint density at radius 3 is 2.15 bits per heavy atom. The van der Waals surface area contributed by atoms with Crippen LogP contribution in [0.3, 0.4) is 0 Å². The Labute approximate surface area is 119 Å². The first-order valence-electron chi connectivity index (χ1n) is 6.30. The van der Waals surface area contributed by atoms with Crippen LogP contribution >= 0.6 is 0 Å². The summed E-state index contributed by atoms with van der Waals surface area (Å²) >= 11 is 0. The minimum atomic E-state index is -3.69. The molecule has 0 bridgehead atoms. The van der Waals surface area contributed by atoms with Crippen LogP contribution in [0.15, 0.2) is 47.4 Å². The van der Waals surface area contributed by atoms with E-state index < -0.39 is 10.0 Å². The predicted molar refractivity (Wildman–Crippen MR) is 78.4 cm³/mol. The summed E-state index contributed by atoms with van der Waals surface area (Å²) in [6.07, 6.45) is 0.975. The maximum Gasteiger partial charge on any atom is 0.238 e. The van der Waals surface area contributed by atoms with Crippen LogP contribution < -0.4 is 9.88 Å². The van der Waals surface area contributed by atoms with Crippen LogP contribution in [0.5, 0.6) is 11.5 Å². The van der Waals surface area contributed by atoms with E-state index in [2.05, 4.69) is 6.92 Å². The first-order valence-corrected chi connectivity index (χ1v) is 7.85. The van der Waals surface area contributed by atoms with Crippen LogP contribution in [-0.2, 0) is 16.4 Å². The monoisotopic (exact) mass is 291 g/mol. The van der Waals surface area contributed by atoms with Gasteiger partial charge in [-0.1, -0.05) is 19.1 Å². The Hall–Kier alpha value is -1.85. The number of hydrogen-bond donors (Lipinski definition) is 1. The Kier molecular flexibility index (Phi) is 4.11. The largest absolute Gasteiger partial charge is 0.457 e. The predicted octanol–water partition coefficient (Wildman–Crippen LogP) is 3.00. The first kappa shape index (κ1) is 14.6. The van der Waals surface area contributed by atoms with Crippen molar-refractivity contribution in [3.05, 3.63) is 53.6 Å². The SMILES string of the molecule is CCc1ccc(Oc2ccc(S(N)(=O)=O)c(C)c2)cc1. The lowest BCUT2D eigenvalue weighted by molar-refractivity contribution is 0.481. The molecule has 0 aliphatic rings. The van der Waals surface area contributed by atoms with Crippen molar-refractivity contribution in [1.82, 2.24) is 0 Å². The number of nitrogens with two attached hydrogens (primary N) is 1. The van der Waals surface area contributed by atoms with Crippen molar-refractivity contribution in [1.29, 1.82) is 0 Å². The standard InChI is InChI=1S/C15H17NO3S/c1-3-12-4-6-13(7-5-12)19-14-8-9-15(11(2)10-14)20(16,17)18/h4-10H,3H2,1-2H3,(H2,16,17,18). The molecule has 2 aromatic rings. The number of rotatable bonds is 4. The summed E-state index contributed by atoms with van der Waals surface area (Å²) in [5.41, 5.74) is 1.80. The van der Waals surface area contributed by atoms with E-state index >= 15 is 0 Å². The number of ether oxygens (including phenoxy) is 1. The van der Waals surface area contributed by atoms with Gasteiger partial charge in [-0.05, 0) is 54.8 Å². The molecule has 4 nitrogen and oxygen atoms in total. The molecule has 0 amide bonds. The van der Waals surface area contributed by atoms with E-state index in [9.17, 15) is 8.42 Å². The summed E-state index contributed by atoms with van der Waals surface area (Å²) in [7, 11) is -3.69. The summed E-state index contributed by atoms with van der Waals surface area (Å²) in [5.74, 6) is 1.30. The zero-order chi connectivity index (χ0) is 14.8. The van der Waals surface area contributed by atoms with Crippen molar-refractivity contribution in [3.8, 4) is 11.5 Å². The second-order valence-electron chi connectivity index (χ2n) is 4.57. The molecule has 5 heteroatoms. The zero-order valence-electron chi connectivity index (χ0n) is 11.5. The van der Waals surface area contributed by atoms with Crippen LogP contribution in [0.4, 0.5) is 0 Å². The van der Waals surface area contributed by atoms with E-state index in [1.54, 1.807) is 19.1 Å². The van der Waals surface area contributed by atoms with Crippen molar-refractivity contribution >= 4 is 10.0 Å². The summed E-state index contributed by atoms with van der Waals surface area (Å²) in [6, 6.07) is 12.5. The van der Waals surface area contributed by atoms with Gasteiger partial charge >= 0.3 is 0 Å². The highest BCUT2D eigenvalue weighted by Crippen LogP contribution is 2.25. The topological polar surface area (TPSA) is 69.4 Å². The third-order valence-electron chi connectivity index (χ3n) is 3.02. The average Bonchev–Trinajstić information content (AvgIpc) is 2.38. The van der Waals surface area contributed by atoms with E-state index in [-0.39, 0.29) is 4.90 Å². The summed E-state index contributed by atoms with van der Waals surface area (Å²) < 4.78 is 28.4. The van der Waals surface area contributed by atoms with Crippen LogP contribution in [-0.4, -0.2) is 8.42 Å². The molecular weight excluding hydrogens is 274 g/mol. The fraction of sp³-hybridized carbons (Fsp3) is 0.200. The van der Waals surface area contributed by atoms with Crippen LogP contribution in [0.1, 0.15) is 18.1 Å². The van der Waals surface area contributed by atoms with Gasteiger partial charge in [-0.2, -0.15) is 0 Å². The lowest BCUT2D eigenvalue weighted by Gasteiger charge is -2.09. The van der Waals surface area contributed by atoms with Gasteiger partial charge in [0.05, 0.1) is 4.90 Å². The molecule has 2 N–H and O–H groups in total. The molecule has 0 atom stereocenters. The van der Waals surface area contributed by atoms with E-state index in [4.69, 9.17) is 9.88 Å². The number of aryl methyl sites for hydroxylation is 2. The maximum atomic E-state index is 11.3. The van der Waals surface area contributed by atoms with Crippen molar-refractivity contribution in [2.75, 3.05) is 0 Å². The van der Waals surface area contributed by atoms with E-state index in [0.717, 1.165) is 6.42 Å². The van der Waals surface area contributed by atoms with Gasteiger partial charge in [-0.25, -0.2) is 13.6 Å². The highest BCUT2D eigenvalue weighted by atomic mass is 32.2. The smallest absolute Gasteiger partial charge is 0.238 e. The molecule has 0 spiro atoms. The van der Waals surface area contributed by atoms with Gasteiger partial charge in [0.1, 0.15) is 11.5 Å². The molecule has 0 unspecified atom stereocenters. The number of hydrogen-bond acceptors (Lipinski definition) is 3. The first-order chi connectivity index (χ1) is 9.40. The molecule has 0 aromatic heterocycles. The van der Waals surface area contributed by atoms with Crippen LogP contribution in [0, 0.1) is 6.92 Å². The molecule has 0 aliphatic heterocycles. The normalized spacial score (nSPS) is 11.3. The lowest BCUT2D eigenvalue weighted by Crippen LogP contribution is -2.13. The Bertz CT molecular complexity index is 706. The van der Waals surface area contributed by atoms with E-state index in [1.165, 1.54) is 11.6 Å². The molecular formula is C15H17NO3S. The molecule has 0 aliphatic carbocycles. The third-order valence-corrected chi connectivity index (χ3v) is 4.09. The Balaban J connectivity index is 2.24. The lowest BCUT2D eigenvalue weighted by atomic mass is 10.2. The number of sulfonamides is 1. The fourth-order valence-corrected chi connectivity index (χ4v) is 2.70. The van der Waals surface area contributed by atoms with Gasteiger partial charge in [-0.15, -0.1) is 0 Å². The second kappa shape index (κ2) is 5.64. The third kappa shape index (κ3) is 3.37. The molecule has 0 fully saturated rings. The minimum Gasteiger partial charge on any atom is -0.457 e. The Morgan fingerprint density at radius 1 is 1.05 bits per heavy atom. The van der Waals surface area contributed by atoms with Crippen LogP contribution in [0.2, 0.25) is 0 Å². The number of primary sulfonamides is 1. The van der Waals surface area contributed by atoms with Crippen molar-refractivity contribution in [2.24, 2.45) is 5.14 Å². The molecule has 2 aromatic carbocycles. The molecule has 0 saturated carbocycles. The highest BCUT2D eigenvalue weighted by molar-refractivity contribution is 7.89. The second-order valence-corrected chi connectivity index (χ2v) is 6.10. The van der Waals surface area contributed by atoms with Gasteiger partial charge in [0.15, 0.2) is 0 Å². The summed E-state index contributed by atoms with van der Waals surface area (Å²) in [4.78, 5) is 0.117. The molecule has 2 rings (SSSR count). The van der Waals surface area contributed by atoms with E-state index in [0.29, 0.717) is 17.1 Å². The average molecular weight is 291 g/mol. The van der Waals surface area contributed by atoms with Gasteiger partial charge in [0.25, 0.3) is 0 Å².